The van der Waals surface area contributed by atoms with Crippen LogP contribution in [0.2, 0.25) is 0 Å². The van der Waals surface area contributed by atoms with Crippen LogP contribution < -0.4 is 5.32 Å². The van der Waals surface area contributed by atoms with Crippen molar-refractivity contribution in [1.29, 1.82) is 0 Å². The number of piperidine rings is 1. The summed E-state index contributed by atoms with van der Waals surface area (Å²) in [6.45, 7) is 6.25. The molecule has 35 heavy (non-hydrogen) atoms. The van der Waals surface area contributed by atoms with Gasteiger partial charge < -0.3 is 15.0 Å². The molecule has 0 saturated carbocycles. The number of rotatable bonds is 8. The van der Waals surface area contributed by atoms with Gasteiger partial charge in [0.1, 0.15) is 5.69 Å². The highest BCUT2D eigenvalue weighted by molar-refractivity contribution is 5.98. The van der Waals surface area contributed by atoms with Crippen molar-refractivity contribution in [3.8, 4) is 0 Å². The summed E-state index contributed by atoms with van der Waals surface area (Å²) in [5.41, 5.74) is 5.90. The molecular formula is C30H33N3O2. The molecule has 0 radical (unpaired) electrons. The molecule has 1 saturated heterocycles. The quantitative estimate of drug-likeness (QED) is 0.362. The van der Waals surface area contributed by atoms with Crippen LogP contribution in [-0.2, 0) is 19.6 Å². The third-order valence-electron chi connectivity index (χ3n) is 7.14. The zero-order chi connectivity index (χ0) is 24.2. The first-order valence-corrected chi connectivity index (χ1v) is 12.5. The number of aromatic nitrogens is 1. The molecule has 0 unspecified atom stereocenters. The van der Waals surface area contributed by atoms with E-state index >= 15 is 0 Å². The van der Waals surface area contributed by atoms with Gasteiger partial charge in [-0.1, -0.05) is 78.4 Å². The molecule has 0 aliphatic carbocycles. The molecule has 5 nitrogen and oxygen atoms in total. The number of aryl methyl sites for hydroxylation is 1. The molecule has 0 bridgehead atoms. The number of likely N-dealkylation sites (tertiary alicyclic amines) is 1. The smallest absolute Gasteiger partial charge is 0.352 e. The maximum absolute atomic E-state index is 12.5. The Hall–Kier alpha value is -3.41. The average Bonchev–Trinajstić information content (AvgIpc) is 3.19. The summed E-state index contributed by atoms with van der Waals surface area (Å²) in [7, 11) is 0. The minimum atomic E-state index is -0.872. The Morgan fingerprint density at radius 3 is 2.26 bits per heavy atom. The summed E-state index contributed by atoms with van der Waals surface area (Å²) >= 11 is 0. The summed E-state index contributed by atoms with van der Waals surface area (Å²) in [4.78, 5) is 15.0. The van der Waals surface area contributed by atoms with Gasteiger partial charge in [0.2, 0.25) is 0 Å². The Labute approximate surface area is 207 Å². The number of nitrogens with zero attached hydrogens (tertiary/aromatic N) is 2. The minimum Gasteiger partial charge on any atom is -0.477 e. The Morgan fingerprint density at radius 1 is 0.886 bits per heavy atom. The molecule has 1 aromatic heterocycles. The van der Waals surface area contributed by atoms with Crippen molar-refractivity contribution in [3.63, 3.8) is 0 Å². The normalized spacial score (nSPS) is 15.0. The van der Waals surface area contributed by atoms with E-state index < -0.39 is 5.97 Å². The van der Waals surface area contributed by atoms with Crippen molar-refractivity contribution in [2.45, 2.75) is 45.4 Å². The molecular weight excluding hydrogens is 434 g/mol. The maximum Gasteiger partial charge on any atom is 0.352 e. The monoisotopic (exact) mass is 467 g/mol. The van der Waals surface area contributed by atoms with Gasteiger partial charge in [0.25, 0.3) is 0 Å². The van der Waals surface area contributed by atoms with Gasteiger partial charge in [0, 0.05) is 42.1 Å². The zero-order valence-electron chi connectivity index (χ0n) is 20.3. The largest absolute Gasteiger partial charge is 0.477 e. The van der Waals surface area contributed by atoms with E-state index in [-0.39, 0.29) is 0 Å². The summed E-state index contributed by atoms with van der Waals surface area (Å²) in [5.74, 6) is -0.872. The van der Waals surface area contributed by atoms with Crippen molar-refractivity contribution in [3.05, 3.63) is 107 Å². The summed E-state index contributed by atoms with van der Waals surface area (Å²) in [6, 6.07) is 27.4. The summed E-state index contributed by atoms with van der Waals surface area (Å²) in [6.07, 6.45) is 2.13. The number of hydrogen-bond acceptors (Lipinski definition) is 3. The third-order valence-corrected chi connectivity index (χ3v) is 7.14. The molecule has 2 N–H and O–H groups in total. The van der Waals surface area contributed by atoms with E-state index in [1.807, 2.05) is 28.8 Å². The highest BCUT2D eigenvalue weighted by Crippen LogP contribution is 2.28. The Bertz CT molecular complexity index is 1290. The van der Waals surface area contributed by atoms with Crippen molar-refractivity contribution in [2.75, 3.05) is 13.1 Å². The second kappa shape index (κ2) is 10.5. The van der Waals surface area contributed by atoms with E-state index in [4.69, 9.17) is 0 Å². The fourth-order valence-electron chi connectivity index (χ4n) is 5.22. The van der Waals surface area contributed by atoms with Gasteiger partial charge >= 0.3 is 5.97 Å². The van der Waals surface area contributed by atoms with E-state index in [9.17, 15) is 9.90 Å². The Kier molecular flexibility index (Phi) is 6.98. The number of carboxylic acids is 1. The van der Waals surface area contributed by atoms with Crippen LogP contribution in [0.4, 0.5) is 0 Å². The number of para-hydroxylation sites is 1. The van der Waals surface area contributed by atoms with Gasteiger partial charge in [0.15, 0.2) is 0 Å². The fourth-order valence-corrected chi connectivity index (χ4v) is 5.22. The van der Waals surface area contributed by atoms with Crippen LogP contribution in [0.5, 0.6) is 0 Å². The lowest BCUT2D eigenvalue weighted by Gasteiger charge is -2.32. The molecule has 0 spiro atoms. The lowest BCUT2D eigenvalue weighted by atomic mass is 10.0. The topological polar surface area (TPSA) is 57.5 Å². The maximum atomic E-state index is 12.5. The highest BCUT2D eigenvalue weighted by atomic mass is 16.4. The SMILES string of the molecule is Cc1ccc(Cn2c(C(=O)O)c(CNC3CCN(Cc4ccccc4)CC3)c3ccccc32)cc1. The van der Waals surface area contributed by atoms with Crippen molar-refractivity contribution < 1.29 is 9.90 Å². The van der Waals surface area contributed by atoms with Crippen molar-refractivity contribution in [1.82, 2.24) is 14.8 Å². The van der Waals surface area contributed by atoms with E-state index in [1.165, 1.54) is 11.1 Å². The molecule has 0 amide bonds. The number of carboxylic acid groups (broad SMARTS) is 1. The average molecular weight is 468 g/mol. The molecule has 3 aromatic carbocycles. The molecule has 5 rings (SSSR count). The van der Waals surface area contributed by atoms with Crippen LogP contribution in [0.3, 0.4) is 0 Å². The molecule has 0 atom stereocenters. The number of aromatic carboxylic acids is 1. The van der Waals surface area contributed by atoms with Crippen LogP contribution >= 0.6 is 0 Å². The number of benzene rings is 3. The molecule has 5 heteroatoms. The predicted molar refractivity (Wildman–Crippen MR) is 141 cm³/mol. The second-order valence-electron chi connectivity index (χ2n) is 9.64. The van der Waals surface area contributed by atoms with E-state index in [0.717, 1.165) is 54.5 Å². The summed E-state index contributed by atoms with van der Waals surface area (Å²) < 4.78 is 1.96. The van der Waals surface area contributed by atoms with Crippen LogP contribution in [0, 0.1) is 6.92 Å². The Morgan fingerprint density at radius 2 is 1.54 bits per heavy atom. The number of carbonyl (C=O) groups is 1. The summed E-state index contributed by atoms with van der Waals surface area (Å²) in [5, 5.41) is 14.9. The second-order valence-corrected chi connectivity index (χ2v) is 9.64. The lowest BCUT2D eigenvalue weighted by molar-refractivity contribution is 0.0684. The van der Waals surface area contributed by atoms with E-state index in [1.54, 1.807) is 0 Å². The first-order valence-electron chi connectivity index (χ1n) is 12.5. The fraction of sp³-hybridized carbons (Fsp3) is 0.300. The molecule has 1 aliphatic heterocycles. The minimum absolute atomic E-state index is 0.390. The molecule has 4 aromatic rings. The Balaban J connectivity index is 1.31. The lowest BCUT2D eigenvalue weighted by Crippen LogP contribution is -2.42. The molecule has 1 fully saturated rings. The zero-order valence-corrected chi connectivity index (χ0v) is 20.3. The first-order chi connectivity index (χ1) is 17.1. The van der Waals surface area contributed by atoms with Gasteiger partial charge in [-0.15, -0.1) is 0 Å². The number of hydrogen-bond donors (Lipinski definition) is 2. The van der Waals surface area contributed by atoms with Gasteiger partial charge in [0.05, 0.1) is 0 Å². The van der Waals surface area contributed by atoms with Crippen molar-refractivity contribution >= 4 is 16.9 Å². The van der Waals surface area contributed by atoms with Gasteiger partial charge in [-0.3, -0.25) is 4.90 Å². The van der Waals surface area contributed by atoms with Crippen molar-refractivity contribution in [2.24, 2.45) is 0 Å². The molecule has 180 valence electrons. The van der Waals surface area contributed by atoms with Gasteiger partial charge in [-0.25, -0.2) is 4.79 Å². The molecule has 2 heterocycles. The number of fused-ring (bicyclic) bond motifs is 1. The van der Waals surface area contributed by atoms with Crippen LogP contribution in [-0.4, -0.2) is 39.7 Å². The standard InChI is InChI=1S/C30H33N3O2/c1-22-11-13-24(14-12-22)21-33-28-10-6-5-9-26(28)27(29(33)30(34)35)19-31-25-15-17-32(18-16-25)20-23-7-3-2-4-8-23/h2-14,25,31H,15-21H2,1H3,(H,34,35). The van der Waals surface area contributed by atoms with Crippen LogP contribution in [0.25, 0.3) is 10.9 Å². The van der Waals surface area contributed by atoms with Gasteiger partial charge in [-0.05, 0) is 50.0 Å². The van der Waals surface area contributed by atoms with Gasteiger partial charge in [-0.2, -0.15) is 0 Å². The van der Waals surface area contributed by atoms with Crippen LogP contribution in [0.1, 0.15) is 45.6 Å². The van der Waals surface area contributed by atoms with Crippen LogP contribution in [0.15, 0.2) is 78.9 Å². The first kappa shape index (κ1) is 23.3. The number of nitrogens with one attached hydrogen (secondary N) is 1. The molecule has 1 aliphatic rings. The highest BCUT2D eigenvalue weighted by Gasteiger charge is 2.24. The van der Waals surface area contributed by atoms with E-state index in [0.29, 0.717) is 24.8 Å². The third kappa shape index (κ3) is 5.31. The predicted octanol–water partition coefficient (Wildman–Crippen LogP) is 5.45. The van der Waals surface area contributed by atoms with E-state index in [2.05, 4.69) is 71.7 Å².